The molecule has 0 saturated heterocycles. The number of hydrogen-bond acceptors (Lipinski definition) is 4. The van der Waals surface area contributed by atoms with Crippen LogP contribution in [0.15, 0.2) is 16.7 Å². The number of nitrogens with zero attached hydrogens (tertiary/aromatic N) is 2. The molecule has 1 heterocycles. The van der Waals surface area contributed by atoms with Crippen LogP contribution in [-0.4, -0.2) is 37.1 Å². The molecule has 0 fully saturated rings. The van der Waals surface area contributed by atoms with Crippen LogP contribution in [0.1, 0.15) is 18.9 Å². The molecule has 0 aliphatic rings. The fourth-order valence-corrected chi connectivity index (χ4v) is 3.20. The van der Waals surface area contributed by atoms with Crippen molar-refractivity contribution in [3.8, 4) is 0 Å². The van der Waals surface area contributed by atoms with Gasteiger partial charge in [0.05, 0.1) is 0 Å². The summed E-state index contributed by atoms with van der Waals surface area (Å²) in [7, 11) is 4.10. The van der Waals surface area contributed by atoms with Crippen LogP contribution in [-0.2, 0) is 6.54 Å². The minimum absolute atomic E-state index is 0.532. The van der Waals surface area contributed by atoms with Crippen molar-refractivity contribution in [1.29, 1.82) is 0 Å². The molecular weight excluding hydrogens is 310 g/mol. The Bertz CT molecular complexity index is 373. The molecule has 0 saturated carbocycles. The van der Waals surface area contributed by atoms with Gasteiger partial charge in [-0.15, -0.1) is 0 Å². The highest BCUT2D eigenvalue weighted by molar-refractivity contribution is 9.10. The second-order valence-corrected chi connectivity index (χ2v) is 6.12. The van der Waals surface area contributed by atoms with Crippen molar-refractivity contribution in [3.63, 3.8) is 0 Å². The first-order valence-electron chi connectivity index (χ1n) is 6.14. The second-order valence-electron chi connectivity index (χ2n) is 4.29. The summed E-state index contributed by atoms with van der Waals surface area (Å²) in [6, 6.07) is 2.67. The van der Waals surface area contributed by atoms with E-state index in [1.54, 1.807) is 0 Å². The predicted octanol–water partition coefficient (Wildman–Crippen LogP) is 3.14. The SMILES string of the molecule is CCC(CSC)N(C)c1ncc(Br)cc1CNC. The second kappa shape index (κ2) is 8.02. The van der Waals surface area contributed by atoms with E-state index < -0.39 is 0 Å². The molecule has 1 atom stereocenters. The quantitative estimate of drug-likeness (QED) is 0.830. The molecule has 0 spiro atoms. The van der Waals surface area contributed by atoms with E-state index in [0.717, 1.165) is 29.0 Å². The molecule has 1 unspecified atom stereocenters. The third-order valence-electron chi connectivity index (χ3n) is 2.99. The Balaban J connectivity index is 2.98. The van der Waals surface area contributed by atoms with E-state index >= 15 is 0 Å². The number of nitrogens with one attached hydrogen (secondary N) is 1. The first-order valence-corrected chi connectivity index (χ1v) is 8.33. The van der Waals surface area contributed by atoms with Crippen molar-refractivity contribution in [2.75, 3.05) is 31.0 Å². The minimum atomic E-state index is 0.532. The van der Waals surface area contributed by atoms with Gasteiger partial charge in [0.1, 0.15) is 5.82 Å². The van der Waals surface area contributed by atoms with Gasteiger partial charge in [0.25, 0.3) is 0 Å². The molecule has 0 aliphatic heterocycles. The summed E-state index contributed by atoms with van der Waals surface area (Å²) in [5, 5.41) is 3.20. The van der Waals surface area contributed by atoms with E-state index in [0.29, 0.717) is 6.04 Å². The molecule has 1 rings (SSSR count). The minimum Gasteiger partial charge on any atom is -0.356 e. The van der Waals surface area contributed by atoms with Crippen LogP contribution in [0.5, 0.6) is 0 Å². The summed E-state index contributed by atoms with van der Waals surface area (Å²) < 4.78 is 1.03. The zero-order chi connectivity index (χ0) is 13.5. The lowest BCUT2D eigenvalue weighted by atomic mass is 10.2. The van der Waals surface area contributed by atoms with Crippen molar-refractivity contribution < 1.29 is 0 Å². The number of aromatic nitrogens is 1. The van der Waals surface area contributed by atoms with Crippen LogP contribution >= 0.6 is 27.7 Å². The monoisotopic (exact) mass is 331 g/mol. The summed E-state index contributed by atoms with van der Waals surface area (Å²) >= 11 is 5.37. The molecule has 102 valence electrons. The van der Waals surface area contributed by atoms with Gasteiger partial charge in [0, 0.05) is 41.6 Å². The molecule has 0 aromatic carbocycles. The molecule has 18 heavy (non-hydrogen) atoms. The molecule has 0 radical (unpaired) electrons. The Morgan fingerprint density at radius 2 is 2.28 bits per heavy atom. The van der Waals surface area contributed by atoms with Gasteiger partial charge in [-0.2, -0.15) is 11.8 Å². The zero-order valence-electron chi connectivity index (χ0n) is 11.5. The van der Waals surface area contributed by atoms with Crippen LogP contribution in [0.4, 0.5) is 5.82 Å². The van der Waals surface area contributed by atoms with Crippen molar-refractivity contribution in [2.45, 2.75) is 25.9 Å². The lowest BCUT2D eigenvalue weighted by Gasteiger charge is -2.29. The normalized spacial score (nSPS) is 12.5. The predicted molar refractivity (Wildman–Crippen MR) is 85.6 cm³/mol. The average molecular weight is 332 g/mol. The number of hydrogen-bond donors (Lipinski definition) is 1. The van der Waals surface area contributed by atoms with E-state index in [-0.39, 0.29) is 0 Å². The first-order chi connectivity index (χ1) is 8.63. The lowest BCUT2D eigenvalue weighted by Crippen LogP contribution is -2.34. The van der Waals surface area contributed by atoms with Crippen molar-refractivity contribution in [3.05, 3.63) is 22.3 Å². The van der Waals surface area contributed by atoms with Crippen LogP contribution in [0, 0.1) is 0 Å². The molecule has 1 aromatic rings. The summed E-state index contributed by atoms with van der Waals surface area (Å²) in [5.74, 6) is 2.21. The summed E-state index contributed by atoms with van der Waals surface area (Å²) in [6.07, 6.45) is 5.16. The van der Waals surface area contributed by atoms with Crippen molar-refractivity contribution in [1.82, 2.24) is 10.3 Å². The van der Waals surface area contributed by atoms with Gasteiger partial charge in [-0.25, -0.2) is 4.98 Å². The number of halogens is 1. The molecule has 0 aliphatic carbocycles. The Labute approximate surface area is 123 Å². The molecule has 0 amide bonds. The maximum Gasteiger partial charge on any atom is 0.133 e. The number of rotatable bonds is 7. The molecule has 1 aromatic heterocycles. The fraction of sp³-hybridized carbons (Fsp3) is 0.615. The summed E-state index contributed by atoms with van der Waals surface area (Å²) in [6.45, 7) is 3.07. The first kappa shape index (κ1) is 15.8. The maximum atomic E-state index is 4.58. The number of anilines is 1. The van der Waals surface area contributed by atoms with Crippen LogP contribution in [0.25, 0.3) is 0 Å². The van der Waals surface area contributed by atoms with Crippen LogP contribution in [0.2, 0.25) is 0 Å². The van der Waals surface area contributed by atoms with Crippen molar-refractivity contribution >= 4 is 33.5 Å². The number of thioether (sulfide) groups is 1. The third-order valence-corrected chi connectivity index (χ3v) is 4.14. The Morgan fingerprint density at radius 1 is 1.56 bits per heavy atom. The van der Waals surface area contributed by atoms with Crippen LogP contribution in [0.3, 0.4) is 0 Å². The van der Waals surface area contributed by atoms with Crippen molar-refractivity contribution in [2.24, 2.45) is 0 Å². The molecule has 0 bridgehead atoms. The van der Waals surface area contributed by atoms with E-state index in [9.17, 15) is 0 Å². The maximum absolute atomic E-state index is 4.58. The van der Waals surface area contributed by atoms with E-state index in [1.165, 1.54) is 5.56 Å². The number of pyridine rings is 1. The fourth-order valence-electron chi connectivity index (χ4n) is 1.98. The smallest absolute Gasteiger partial charge is 0.133 e. The van der Waals surface area contributed by atoms with E-state index in [4.69, 9.17) is 0 Å². The van der Waals surface area contributed by atoms with Gasteiger partial charge < -0.3 is 10.2 Å². The molecule has 1 N–H and O–H groups in total. The highest BCUT2D eigenvalue weighted by Gasteiger charge is 2.17. The van der Waals surface area contributed by atoms with E-state index in [2.05, 4.69) is 57.4 Å². The Kier molecular flexibility index (Phi) is 7.04. The van der Waals surface area contributed by atoms with Gasteiger partial charge >= 0.3 is 0 Å². The highest BCUT2D eigenvalue weighted by atomic mass is 79.9. The molecular formula is C13H22BrN3S. The average Bonchev–Trinajstić information content (AvgIpc) is 2.36. The third kappa shape index (κ3) is 4.14. The standard InChI is InChI=1S/C13H22BrN3S/c1-5-12(9-18-4)17(3)13-10(7-15-2)6-11(14)8-16-13/h6,8,12,15H,5,7,9H2,1-4H3. The molecule has 5 heteroatoms. The van der Waals surface area contributed by atoms with Crippen LogP contribution < -0.4 is 10.2 Å². The van der Waals surface area contributed by atoms with E-state index in [1.807, 2.05) is 25.0 Å². The topological polar surface area (TPSA) is 28.2 Å². The van der Waals surface area contributed by atoms with Gasteiger partial charge in [-0.1, -0.05) is 6.92 Å². The zero-order valence-corrected chi connectivity index (χ0v) is 13.9. The lowest BCUT2D eigenvalue weighted by molar-refractivity contribution is 0.659. The van der Waals surface area contributed by atoms with Gasteiger partial charge in [0.15, 0.2) is 0 Å². The largest absolute Gasteiger partial charge is 0.356 e. The van der Waals surface area contributed by atoms with Gasteiger partial charge in [-0.3, -0.25) is 0 Å². The summed E-state index contributed by atoms with van der Waals surface area (Å²) in [4.78, 5) is 6.88. The summed E-state index contributed by atoms with van der Waals surface area (Å²) in [5.41, 5.74) is 1.23. The highest BCUT2D eigenvalue weighted by Crippen LogP contribution is 2.24. The Morgan fingerprint density at radius 3 is 2.83 bits per heavy atom. The van der Waals surface area contributed by atoms with Gasteiger partial charge in [0.2, 0.25) is 0 Å². The molecule has 3 nitrogen and oxygen atoms in total. The Hall–Kier alpha value is -0.260. The van der Waals surface area contributed by atoms with Gasteiger partial charge in [-0.05, 0) is 41.7 Å².